The molecule has 2 heterocycles. The summed E-state index contributed by atoms with van der Waals surface area (Å²) in [4.78, 5) is 14.2. The Labute approximate surface area is 163 Å². The lowest BCUT2D eigenvalue weighted by Crippen LogP contribution is -2.40. The minimum atomic E-state index is -3.59. The van der Waals surface area contributed by atoms with Crippen LogP contribution in [0.1, 0.15) is 13.3 Å². The summed E-state index contributed by atoms with van der Waals surface area (Å²) in [6.45, 7) is 2.00. The minimum absolute atomic E-state index is 0.0225. The number of benzene rings is 1. The van der Waals surface area contributed by atoms with Crippen molar-refractivity contribution in [2.24, 2.45) is 4.40 Å². The monoisotopic (exact) mass is 424 g/mol. The summed E-state index contributed by atoms with van der Waals surface area (Å²) in [6, 6.07) is 6.18. The lowest BCUT2D eigenvalue weighted by molar-refractivity contribution is -0.112. The third-order valence-corrected chi connectivity index (χ3v) is 6.63. The van der Waals surface area contributed by atoms with E-state index in [1.807, 2.05) is 0 Å². The number of hydrogen-bond acceptors (Lipinski definition) is 6. The molecule has 0 aromatic heterocycles. The predicted octanol–water partition coefficient (Wildman–Crippen LogP) is 1.27. The number of fused-ring (bicyclic) bond motifs is 1. The van der Waals surface area contributed by atoms with Crippen LogP contribution < -0.4 is 10.0 Å². The van der Waals surface area contributed by atoms with Gasteiger partial charge in [0, 0.05) is 24.1 Å². The molecule has 0 bridgehead atoms. The molecular weight excluding hydrogens is 404 g/mol. The quantitative estimate of drug-likeness (QED) is 0.709. The van der Waals surface area contributed by atoms with Gasteiger partial charge in [-0.25, -0.2) is 16.8 Å². The Morgan fingerprint density at radius 2 is 1.89 bits per heavy atom. The van der Waals surface area contributed by atoms with Crippen molar-refractivity contribution in [2.75, 3.05) is 28.1 Å². The van der Waals surface area contributed by atoms with Crippen molar-refractivity contribution in [1.82, 2.24) is 4.90 Å². The molecular formula is C17H20N4O5S2. The van der Waals surface area contributed by atoms with Crippen LogP contribution in [0.5, 0.6) is 0 Å². The number of allylic oxidation sites excluding steroid dienone is 2. The van der Waals surface area contributed by atoms with Gasteiger partial charge in [-0.05, 0) is 42.8 Å². The van der Waals surface area contributed by atoms with Gasteiger partial charge in [0.25, 0.3) is 15.9 Å². The fraction of sp³-hybridized carbons (Fsp3) is 0.294. The van der Waals surface area contributed by atoms with Crippen LogP contribution in [0.2, 0.25) is 0 Å². The van der Waals surface area contributed by atoms with E-state index in [1.54, 1.807) is 36.2 Å². The standard InChI is InChI=1S/C17H20N4O5S2/c1-2-11-27(23,24)19-14-7-5-13(6-8-14)18-17(22)15-4-3-9-21-10-12-28(25,26)20-16(15)21/h3-9,19H,2,10-12H2,1H3,(H,18,22). The first-order chi connectivity index (χ1) is 13.2. The zero-order valence-electron chi connectivity index (χ0n) is 15.1. The zero-order valence-corrected chi connectivity index (χ0v) is 16.8. The average Bonchev–Trinajstić information content (AvgIpc) is 2.61. The van der Waals surface area contributed by atoms with Crippen LogP contribution in [0.4, 0.5) is 11.4 Å². The number of nitrogens with zero attached hydrogens (tertiary/aromatic N) is 2. The number of carbonyl (C=O) groups excluding carboxylic acids is 1. The molecule has 0 radical (unpaired) electrons. The van der Waals surface area contributed by atoms with Crippen LogP contribution in [-0.4, -0.2) is 51.5 Å². The summed E-state index contributed by atoms with van der Waals surface area (Å²) in [5, 5.41) is 2.67. The Balaban J connectivity index is 1.73. The first-order valence-corrected chi connectivity index (χ1v) is 11.9. The van der Waals surface area contributed by atoms with Crippen molar-refractivity contribution in [3.8, 4) is 0 Å². The highest BCUT2D eigenvalue weighted by molar-refractivity contribution is 7.92. The second kappa shape index (κ2) is 7.76. The maximum Gasteiger partial charge on any atom is 0.259 e. The molecule has 0 atom stereocenters. The Morgan fingerprint density at radius 1 is 1.21 bits per heavy atom. The minimum Gasteiger partial charge on any atom is -0.331 e. The molecule has 0 aliphatic carbocycles. The summed E-state index contributed by atoms with van der Waals surface area (Å²) < 4.78 is 53.3. The number of sulfonamides is 2. The van der Waals surface area contributed by atoms with Gasteiger partial charge in [-0.15, -0.1) is 4.40 Å². The lowest BCUT2D eigenvalue weighted by atomic mass is 10.1. The summed E-state index contributed by atoms with van der Waals surface area (Å²) in [5.74, 6) is -0.500. The van der Waals surface area contributed by atoms with Crippen molar-refractivity contribution in [1.29, 1.82) is 0 Å². The van der Waals surface area contributed by atoms with Crippen LogP contribution in [0, 0.1) is 0 Å². The number of rotatable bonds is 6. The SMILES string of the molecule is CCCS(=O)(=O)Nc1ccc(NC(=O)C2=CC=CN3CCS(=O)(=O)N=C23)cc1. The fourth-order valence-electron chi connectivity index (χ4n) is 2.71. The van der Waals surface area contributed by atoms with Crippen LogP contribution >= 0.6 is 0 Å². The van der Waals surface area contributed by atoms with Crippen LogP contribution in [0.15, 0.2) is 52.6 Å². The maximum absolute atomic E-state index is 12.6. The second-order valence-electron chi connectivity index (χ2n) is 6.27. The second-order valence-corrected chi connectivity index (χ2v) is 9.87. The third-order valence-electron chi connectivity index (χ3n) is 3.99. The third kappa shape index (κ3) is 4.78. The van der Waals surface area contributed by atoms with Crippen LogP contribution in [0.25, 0.3) is 0 Å². The van der Waals surface area contributed by atoms with Gasteiger partial charge in [-0.2, -0.15) is 0 Å². The van der Waals surface area contributed by atoms with Gasteiger partial charge in [-0.3, -0.25) is 9.52 Å². The number of hydrogen-bond donors (Lipinski definition) is 2. The number of amidine groups is 1. The van der Waals surface area contributed by atoms with Gasteiger partial charge in [0.2, 0.25) is 10.0 Å². The molecule has 0 saturated carbocycles. The zero-order chi connectivity index (χ0) is 20.4. The first-order valence-electron chi connectivity index (χ1n) is 8.59. The average molecular weight is 425 g/mol. The molecule has 28 heavy (non-hydrogen) atoms. The highest BCUT2D eigenvalue weighted by Gasteiger charge is 2.29. The van der Waals surface area contributed by atoms with E-state index >= 15 is 0 Å². The first kappa shape index (κ1) is 20.1. The number of carbonyl (C=O) groups is 1. The number of amides is 1. The molecule has 2 N–H and O–H groups in total. The predicted molar refractivity (Wildman–Crippen MR) is 108 cm³/mol. The molecule has 2 aliphatic rings. The molecule has 9 nitrogen and oxygen atoms in total. The summed E-state index contributed by atoms with van der Waals surface area (Å²) >= 11 is 0. The molecule has 11 heteroatoms. The highest BCUT2D eigenvalue weighted by atomic mass is 32.2. The van der Waals surface area contributed by atoms with Crippen molar-refractivity contribution in [3.05, 3.63) is 48.2 Å². The molecule has 3 rings (SSSR count). The lowest BCUT2D eigenvalue weighted by Gasteiger charge is -2.28. The van der Waals surface area contributed by atoms with Crippen molar-refractivity contribution < 1.29 is 21.6 Å². The van der Waals surface area contributed by atoms with E-state index in [-0.39, 0.29) is 29.5 Å². The summed E-state index contributed by atoms with van der Waals surface area (Å²) in [5.41, 5.74) is 0.961. The fourth-order valence-corrected chi connectivity index (χ4v) is 4.83. The largest absolute Gasteiger partial charge is 0.331 e. The Hall–Kier alpha value is -2.66. The normalized spacial score (nSPS) is 18.0. The maximum atomic E-state index is 12.6. The van der Waals surface area contributed by atoms with Crippen molar-refractivity contribution in [2.45, 2.75) is 13.3 Å². The molecule has 1 aromatic carbocycles. The van der Waals surface area contributed by atoms with Gasteiger partial charge in [-0.1, -0.05) is 6.92 Å². The van der Waals surface area contributed by atoms with Gasteiger partial charge in [0.1, 0.15) is 0 Å². The van der Waals surface area contributed by atoms with Crippen LogP contribution in [0.3, 0.4) is 0 Å². The molecule has 1 amide bonds. The molecule has 0 fully saturated rings. The van der Waals surface area contributed by atoms with Crippen molar-refractivity contribution in [3.63, 3.8) is 0 Å². The molecule has 2 aliphatic heterocycles. The van der Waals surface area contributed by atoms with Gasteiger partial charge in [0.15, 0.2) is 5.84 Å². The van der Waals surface area contributed by atoms with Gasteiger partial charge < -0.3 is 10.2 Å². The van der Waals surface area contributed by atoms with Crippen molar-refractivity contribution >= 4 is 43.2 Å². The van der Waals surface area contributed by atoms with Gasteiger partial charge in [0.05, 0.1) is 17.1 Å². The van der Waals surface area contributed by atoms with E-state index in [4.69, 9.17) is 0 Å². The highest BCUT2D eigenvalue weighted by Crippen LogP contribution is 2.20. The van der Waals surface area contributed by atoms with E-state index < -0.39 is 26.0 Å². The molecule has 0 saturated heterocycles. The summed E-state index contributed by atoms with van der Waals surface area (Å²) in [7, 11) is -6.99. The van der Waals surface area contributed by atoms with E-state index in [9.17, 15) is 21.6 Å². The summed E-state index contributed by atoms with van der Waals surface area (Å²) in [6.07, 6.45) is 5.32. The molecule has 150 valence electrons. The molecule has 0 unspecified atom stereocenters. The molecule has 1 aromatic rings. The van der Waals surface area contributed by atoms with Crippen LogP contribution in [-0.2, 0) is 24.8 Å². The number of anilines is 2. The van der Waals surface area contributed by atoms with Gasteiger partial charge >= 0.3 is 0 Å². The molecule has 0 spiro atoms. The van der Waals surface area contributed by atoms with E-state index in [0.717, 1.165) is 0 Å². The Bertz CT molecular complexity index is 1070. The van der Waals surface area contributed by atoms with E-state index in [1.165, 1.54) is 18.2 Å². The number of nitrogens with one attached hydrogen (secondary N) is 2. The Kier molecular flexibility index (Phi) is 5.57. The Morgan fingerprint density at radius 3 is 2.57 bits per heavy atom. The van der Waals surface area contributed by atoms with E-state index in [0.29, 0.717) is 17.8 Å². The smallest absolute Gasteiger partial charge is 0.259 e. The topological polar surface area (TPSA) is 125 Å². The van der Waals surface area contributed by atoms with E-state index in [2.05, 4.69) is 14.4 Å².